The molecule has 18 heteroatoms. The number of sulfonamides is 1. The molecule has 3 aliphatic rings. The first-order valence-electron chi connectivity index (χ1n) is 17.7. The van der Waals surface area contributed by atoms with Gasteiger partial charge in [-0.25, -0.2) is 48.3 Å². The van der Waals surface area contributed by atoms with Crippen molar-refractivity contribution in [3.63, 3.8) is 0 Å². The molecule has 0 aromatic heterocycles. The van der Waals surface area contributed by atoms with Crippen LogP contribution >= 0.6 is 11.6 Å². The maximum atomic E-state index is 15.2. The summed E-state index contributed by atoms with van der Waals surface area (Å²) in [6.45, 7) is -3.90. The van der Waals surface area contributed by atoms with Gasteiger partial charge < -0.3 is 14.9 Å². The maximum absolute atomic E-state index is 15.2. The molecule has 4 aromatic rings. The normalized spacial score (nSPS) is 16.7. The summed E-state index contributed by atoms with van der Waals surface area (Å²) in [4.78, 5) is 26.7. The highest BCUT2D eigenvalue weighted by Crippen LogP contribution is 2.46. The Kier molecular flexibility index (Phi) is 10.8. The quantitative estimate of drug-likeness (QED) is 0.0821. The van der Waals surface area contributed by atoms with Crippen LogP contribution in [0.4, 0.5) is 46.5 Å². The number of carbonyl (C=O) groups is 2. The van der Waals surface area contributed by atoms with Gasteiger partial charge in [0.15, 0.2) is 28.2 Å². The molecule has 7 rings (SSSR count). The van der Waals surface area contributed by atoms with Gasteiger partial charge in [-0.2, -0.15) is 4.31 Å². The van der Waals surface area contributed by atoms with Crippen molar-refractivity contribution in [3.05, 3.63) is 122 Å². The zero-order chi connectivity index (χ0) is 41.1. The molecule has 1 aliphatic heterocycles. The topological polar surface area (TPSA) is 98.2 Å². The molecule has 0 atom stereocenters. The Morgan fingerprint density at radius 2 is 1.40 bits per heavy atom. The van der Waals surface area contributed by atoms with Crippen LogP contribution in [0.15, 0.2) is 59.5 Å². The van der Waals surface area contributed by atoms with Crippen LogP contribution in [-0.4, -0.2) is 55.3 Å². The average Bonchev–Trinajstić information content (AvgIpc) is 4.10. The van der Waals surface area contributed by atoms with Gasteiger partial charge in [0.2, 0.25) is 21.7 Å². The van der Waals surface area contributed by atoms with Gasteiger partial charge in [-0.05, 0) is 90.1 Å². The lowest BCUT2D eigenvalue weighted by Crippen LogP contribution is -2.43. The smallest absolute Gasteiger partial charge is 0.335 e. The highest BCUT2D eigenvalue weighted by Gasteiger charge is 2.42. The summed E-state index contributed by atoms with van der Waals surface area (Å²) in [6, 6.07) is 11.7. The second kappa shape index (κ2) is 15.2. The Balaban J connectivity index is 1.37. The number of halogens is 9. The van der Waals surface area contributed by atoms with Gasteiger partial charge in [0.1, 0.15) is 5.82 Å². The Morgan fingerprint density at radius 3 is 1.93 bits per heavy atom. The van der Waals surface area contributed by atoms with Gasteiger partial charge in [0.05, 0.1) is 36.6 Å². The van der Waals surface area contributed by atoms with Crippen molar-refractivity contribution in [2.45, 2.75) is 67.8 Å². The van der Waals surface area contributed by atoms with Crippen LogP contribution in [0.25, 0.3) is 0 Å². The minimum atomic E-state index is -5.86. The molecule has 1 N–H and O–H groups in total. The number of carboxylic acids is 1. The molecule has 0 radical (unpaired) electrons. The number of hydrogen-bond acceptors (Lipinski definition) is 5. The SMILES string of the molecule is O=C(O)c1ccc(N(Cc2cc(C3CC3)cc(C3CC3)c2)C(=O)CN(Cc2ccc(F)cc2Cl)S(=O)(=O)c2c(F)c(F)c(F)c(F)c2F)c(N2CCC(F)(F)C2)c1. The first-order chi connectivity index (χ1) is 26.8. The van der Waals surface area contributed by atoms with E-state index in [1.165, 1.54) is 11.0 Å². The average molecular weight is 842 g/mol. The number of hydrogen-bond donors (Lipinski definition) is 1. The summed E-state index contributed by atoms with van der Waals surface area (Å²) in [6.07, 6.45) is 3.04. The second-order valence-electron chi connectivity index (χ2n) is 14.5. The molecule has 1 saturated heterocycles. The predicted molar refractivity (Wildman–Crippen MR) is 192 cm³/mol. The number of nitrogens with zero attached hydrogens (tertiary/aromatic N) is 3. The van der Waals surface area contributed by atoms with Crippen molar-refractivity contribution >= 4 is 44.9 Å². The molecule has 302 valence electrons. The molecular weight excluding hydrogens is 810 g/mol. The Bertz CT molecular complexity index is 2350. The first-order valence-corrected chi connectivity index (χ1v) is 19.6. The zero-order valence-electron chi connectivity index (χ0n) is 29.7. The number of rotatable bonds is 13. The van der Waals surface area contributed by atoms with Crippen molar-refractivity contribution in [1.29, 1.82) is 0 Å². The van der Waals surface area contributed by atoms with Crippen molar-refractivity contribution in [2.75, 3.05) is 29.4 Å². The lowest BCUT2D eigenvalue weighted by atomic mass is 9.99. The summed E-state index contributed by atoms with van der Waals surface area (Å²) in [5.41, 5.74) is 1.66. The summed E-state index contributed by atoms with van der Waals surface area (Å²) in [7, 11) is -5.86. The number of anilines is 2. The van der Waals surface area contributed by atoms with E-state index < -0.39 is 98.7 Å². The van der Waals surface area contributed by atoms with E-state index in [1.54, 1.807) is 0 Å². The molecule has 57 heavy (non-hydrogen) atoms. The van der Waals surface area contributed by atoms with E-state index in [0.29, 0.717) is 5.56 Å². The highest BCUT2D eigenvalue weighted by molar-refractivity contribution is 7.89. The van der Waals surface area contributed by atoms with Crippen LogP contribution in [0.3, 0.4) is 0 Å². The van der Waals surface area contributed by atoms with E-state index in [4.69, 9.17) is 11.6 Å². The molecule has 0 bridgehead atoms. The van der Waals surface area contributed by atoms with Crippen LogP contribution in [0, 0.1) is 34.9 Å². The highest BCUT2D eigenvalue weighted by atomic mass is 35.5. The van der Waals surface area contributed by atoms with Crippen LogP contribution in [-0.2, 0) is 27.9 Å². The second-order valence-corrected chi connectivity index (χ2v) is 16.8. The molecule has 0 unspecified atom stereocenters. The van der Waals surface area contributed by atoms with E-state index in [2.05, 4.69) is 6.07 Å². The number of carboxylic acid groups (broad SMARTS) is 1. The standard InChI is InChI=1S/C39H32ClF8N3O5S/c40-28-15-27(41)7-5-24(28)17-50(57(55,56)37-35(45)33(43)32(42)34(44)36(37)46)18-31(52)51(16-20-11-25(21-1-2-21)13-26(12-20)22-3-4-22)29-8-6-23(38(53)54)14-30(29)49-10-9-39(47,48)19-49/h5-8,11-15,21-22H,1-4,9-10,16-19H2,(H,53,54). The van der Waals surface area contributed by atoms with Crippen molar-refractivity contribution in [2.24, 2.45) is 0 Å². The van der Waals surface area contributed by atoms with Crippen LogP contribution in [0.1, 0.15) is 76.6 Å². The molecule has 8 nitrogen and oxygen atoms in total. The van der Waals surface area contributed by atoms with Gasteiger partial charge in [-0.3, -0.25) is 4.79 Å². The fourth-order valence-electron chi connectivity index (χ4n) is 6.95. The summed E-state index contributed by atoms with van der Waals surface area (Å²) < 4.78 is 145. The molecule has 0 spiro atoms. The third kappa shape index (κ3) is 8.32. The zero-order valence-corrected chi connectivity index (χ0v) is 31.2. The number of alkyl halides is 2. The van der Waals surface area contributed by atoms with Crippen molar-refractivity contribution in [3.8, 4) is 0 Å². The number of aromatic carboxylic acids is 1. The van der Waals surface area contributed by atoms with Gasteiger partial charge in [0.25, 0.3) is 5.92 Å². The summed E-state index contributed by atoms with van der Waals surface area (Å²) in [5.74, 6) is -19.4. The fraction of sp³-hybridized carbons (Fsp3) is 0.333. The summed E-state index contributed by atoms with van der Waals surface area (Å²) >= 11 is 6.16. The minimum absolute atomic E-state index is 0.102. The Hall–Kier alpha value is -4.74. The number of amides is 1. The van der Waals surface area contributed by atoms with E-state index in [9.17, 15) is 49.5 Å². The maximum Gasteiger partial charge on any atom is 0.335 e. The Labute approximate surface area is 326 Å². The largest absolute Gasteiger partial charge is 0.478 e. The minimum Gasteiger partial charge on any atom is -0.478 e. The number of carbonyl (C=O) groups excluding carboxylic acids is 1. The lowest BCUT2D eigenvalue weighted by Gasteiger charge is -2.32. The lowest BCUT2D eigenvalue weighted by molar-refractivity contribution is -0.119. The molecule has 1 heterocycles. The van der Waals surface area contributed by atoms with Crippen molar-refractivity contribution in [1.82, 2.24) is 4.31 Å². The van der Waals surface area contributed by atoms with Gasteiger partial charge in [-0.15, -0.1) is 0 Å². The number of benzene rings is 4. The summed E-state index contributed by atoms with van der Waals surface area (Å²) in [5, 5.41) is 9.40. The van der Waals surface area contributed by atoms with E-state index in [0.717, 1.165) is 72.0 Å². The van der Waals surface area contributed by atoms with E-state index >= 15 is 8.78 Å². The molecule has 3 fully saturated rings. The van der Waals surface area contributed by atoms with Gasteiger partial charge >= 0.3 is 5.97 Å². The van der Waals surface area contributed by atoms with Gasteiger partial charge in [0, 0.05) is 24.5 Å². The van der Waals surface area contributed by atoms with Crippen molar-refractivity contribution < 1.29 is 58.2 Å². The molecule has 1 amide bonds. The van der Waals surface area contributed by atoms with Crippen LogP contribution in [0.2, 0.25) is 5.02 Å². The predicted octanol–water partition coefficient (Wildman–Crippen LogP) is 8.90. The third-order valence-electron chi connectivity index (χ3n) is 10.2. The molecule has 2 aliphatic carbocycles. The van der Waals surface area contributed by atoms with Crippen LogP contribution < -0.4 is 9.80 Å². The Morgan fingerprint density at radius 1 is 0.807 bits per heavy atom. The van der Waals surface area contributed by atoms with E-state index in [1.807, 2.05) is 12.1 Å². The fourth-order valence-corrected chi connectivity index (χ4v) is 8.66. The van der Waals surface area contributed by atoms with E-state index in [-0.39, 0.29) is 51.7 Å². The molecule has 2 saturated carbocycles. The van der Waals surface area contributed by atoms with Crippen LogP contribution in [0.5, 0.6) is 0 Å². The first kappa shape index (κ1) is 40.5. The molecular formula is C39H32ClF8N3O5S. The van der Waals surface area contributed by atoms with Gasteiger partial charge in [-0.1, -0.05) is 35.9 Å². The molecule has 4 aromatic carbocycles. The third-order valence-corrected chi connectivity index (χ3v) is 12.4. The monoisotopic (exact) mass is 841 g/mol.